The number of unbranched alkanes of at least 4 members (excludes halogenated alkanes) is 1. The molecule has 0 aliphatic heterocycles. The lowest BCUT2D eigenvalue weighted by Crippen LogP contribution is -2.17. The van der Waals surface area contributed by atoms with Gasteiger partial charge in [-0.3, -0.25) is 4.72 Å². The smallest absolute Gasteiger partial charge is 0.232 e. The van der Waals surface area contributed by atoms with E-state index in [1.54, 1.807) is 24.3 Å². The van der Waals surface area contributed by atoms with Gasteiger partial charge in [0.2, 0.25) is 10.0 Å². The fourth-order valence-electron chi connectivity index (χ4n) is 1.33. The number of sulfonamides is 1. The third-order valence-electron chi connectivity index (χ3n) is 2.33. The maximum Gasteiger partial charge on any atom is 0.232 e. The number of nitrogens with zero attached hydrogens (tertiary/aromatic N) is 1. The van der Waals surface area contributed by atoms with Gasteiger partial charge in [-0.2, -0.15) is 0 Å². The Balaban J connectivity index is 2.75. The standard InChI is InChI=1S/C11H17N3O3S/c1-2-3-8-18(16,17)14-10-6-4-9(5-7-10)11(12)13-15/h4-7,14-15H,2-3,8H2,1H3,(H2,12,13). The van der Waals surface area contributed by atoms with E-state index in [0.29, 0.717) is 17.7 Å². The highest BCUT2D eigenvalue weighted by molar-refractivity contribution is 7.92. The zero-order chi connectivity index (χ0) is 13.6. The summed E-state index contributed by atoms with van der Waals surface area (Å²) in [7, 11) is -3.30. The minimum absolute atomic E-state index is 0.0182. The molecule has 0 fully saturated rings. The summed E-state index contributed by atoms with van der Waals surface area (Å²) >= 11 is 0. The van der Waals surface area contributed by atoms with E-state index in [1.165, 1.54) is 0 Å². The Morgan fingerprint density at radius 2 is 2.00 bits per heavy atom. The molecule has 0 heterocycles. The molecule has 7 heteroatoms. The van der Waals surface area contributed by atoms with E-state index in [0.717, 1.165) is 6.42 Å². The van der Waals surface area contributed by atoms with Crippen molar-refractivity contribution < 1.29 is 13.6 Å². The van der Waals surface area contributed by atoms with Crippen LogP contribution in [0.3, 0.4) is 0 Å². The largest absolute Gasteiger partial charge is 0.409 e. The second-order valence-corrected chi connectivity index (χ2v) is 5.68. The first kappa shape index (κ1) is 14.3. The van der Waals surface area contributed by atoms with Crippen LogP contribution in [0.4, 0.5) is 5.69 Å². The Labute approximate surface area is 107 Å². The average molecular weight is 271 g/mol. The monoisotopic (exact) mass is 271 g/mol. The highest BCUT2D eigenvalue weighted by Crippen LogP contribution is 2.12. The predicted molar refractivity (Wildman–Crippen MR) is 71.3 cm³/mol. The summed E-state index contributed by atoms with van der Waals surface area (Å²) in [6.07, 6.45) is 1.45. The SMILES string of the molecule is CCCCS(=O)(=O)Nc1ccc(/C(N)=N/O)cc1. The van der Waals surface area contributed by atoms with Crippen LogP contribution < -0.4 is 10.5 Å². The van der Waals surface area contributed by atoms with Gasteiger partial charge in [0.1, 0.15) is 0 Å². The van der Waals surface area contributed by atoms with Gasteiger partial charge in [-0.15, -0.1) is 0 Å². The average Bonchev–Trinajstić information content (AvgIpc) is 2.36. The van der Waals surface area contributed by atoms with Crippen molar-refractivity contribution in [1.82, 2.24) is 0 Å². The predicted octanol–water partition coefficient (Wildman–Crippen LogP) is 1.32. The van der Waals surface area contributed by atoms with Crippen LogP contribution in [0.1, 0.15) is 25.3 Å². The molecule has 0 atom stereocenters. The molecule has 0 aliphatic rings. The number of benzene rings is 1. The zero-order valence-corrected chi connectivity index (χ0v) is 10.9. The summed E-state index contributed by atoms with van der Waals surface area (Å²) in [5.41, 5.74) is 6.38. The van der Waals surface area contributed by atoms with Crippen LogP contribution in [0, 0.1) is 0 Å². The molecule has 1 rings (SSSR count). The second kappa shape index (κ2) is 6.25. The Bertz CT molecular complexity index is 509. The summed E-state index contributed by atoms with van der Waals surface area (Å²) < 4.78 is 25.7. The number of nitrogens with one attached hydrogen (secondary N) is 1. The molecular formula is C11H17N3O3S. The van der Waals surface area contributed by atoms with Crippen molar-refractivity contribution in [3.05, 3.63) is 29.8 Å². The lowest BCUT2D eigenvalue weighted by Gasteiger charge is -2.08. The lowest BCUT2D eigenvalue weighted by atomic mass is 10.2. The maximum atomic E-state index is 11.6. The number of hydrogen-bond acceptors (Lipinski definition) is 4. The van der Waals surface area contributed by atoms with Gasteiger partial charge in [-0.1, -0.05) is 18.5 Å². The van der Waals surface area contributed by atoms with Crippen molar-refractivity contribution in [2.24, 2.45) is 10.9 Å². The number of nitrogens with two attached hydrogens (primary N) is 1. The molecule has 0 aromatic heterocycles. The minimum Gasteiger partial charge on any atom is -0.409 e. The minimum atomic E-state index is -3.30. The number of anilines is 1. The second-order valence-electron chi connectivity index (χ2n) is 3.84. The summed E-state index contributed by atoms with van der Waals surface area (Å²) in [6.45, 7) is 1.93. The number of amidine groups is 1. The Kier molecular flexibility index (Phi) is 4.96. The topological polar surface area (TPSA) is 105 Å². The van der Waals surface area contributed by atoms with Crippen molar-refractivity contribution >= 4 is 21.5 Å². The highest BCUT2D eigenvalue weighted by atomic mass is 32.2. The molecule has 4 N–H and O–H groups in total. The molecule has 6 nitrogen and oxygen atoms in total. The Morgan fingerprint density at radius 3 is 2.50 bits per heavy atom. The molecular weight excluding hydrogens is 254 g/mol. The first-order valence-corrected chi connectivity index (χ1v) is 7.22. The molecule has 0 unspecified atom stereocenters. The van der Waals surface area contributed by atoms with E-state index in [1.807, 2.05) is 6.92 Å². The van der Waals surface area contributed by atoms with Crippen LogP contribution in [0.5, 0.6) is 0 Å². The fourth-order valence-corrected chi connectivity index (χ4v) is 2.60. The summed E-state index contributed by atoms with van der Waals surface area (Å²) in [5.74, 6) is 0.0845. The Hall–Kier alpha value is -1.76. The van der Waals surface area contributed by atoms with E-state index >= 15 is 0 Å². The first-order chi connectivity index (χ1) is 8.48. The van der Waals surface area contributed by atoms with Gasteiger partial charge >= 0.3 is 0 Å². The van der Waals surface area contributed by atoms with E-state index in [4.69, 9.17) is 10.9 Å². The van der Waals surface area contributed by atoms with Crippen molar-refractivity contribution in [3.63, 3.8) is 0 Å². The molecule has 0 bridgehead atoms. The van der Waals surface area contributed by atoms with Gasteiger partial charge in [0.25, 0.3) is 0 Å². The van der Waals surface area contributed by atoms with Crippen LogP contribution in [0.15, 0.2) is 29.4 Å². The Morgan fingerprint density at radius 1 is 1.39 bits per heavy atom. The maximum absolute atomic E-state index is 11.6. The number of oxime groups is 1. The van der Waals surface area contributed by atoms with Gasteiger partial charge in [0, 0.05) is 11.3 Å². The third-order valence-corrected chi connectivity index (χ3v) is 3.70. The zero-order valence-electron chi connectivity index (χ0n) is 10.1. The molecule has 100 valence electrons. The van der Waals surface area contributed by atoms with E-state index < -0.39 is 10.0 Å². The number of hydrogen-bond donors (Lipinski definition) is 3. The van der Waals surface area contributed by atoms with Crippen LogP contribution >= 0.6 is 0 Å². The van der Waals surface area contributed by atoms with Crippen molar-refractivity contribution in [2.45, 2.75) is 19.8 Å². The third kappa shape index (κ3) is 4.25. The molecule has 1 aromatic carbocycles. The van der Waals surface area contributed by atoms with Crippen molar-refractivity contribution in [2.75, 3.05) is 10.5 Å². The lowest BCUT2D eigenvalue weighted by molar-refractivity contribution is 0.318. The molecule has 0 spiro atoms. The molecule has 0 saturated carbocycles. The molecule has 0 aliphatic carbocycles. The number of rotatable bonds is 6. The normalized spacial score (nSPS) is 12.4. The molecule has 0 radical (unpaired) electrons. The first-order valence-electron chi connectivity index (χ1n) is 5.57. The highest BCUT2D eigenvalue weighted by Gasteiger charge is 2.09. The van der Waals surface area contributed by atoms with E-state index in [-0.39, 0.29) is 11.6 Å². The van der Waals surface area contributed by atoms with Gasteiger partial charge < -0.3 is 10.9 Å². The van der Waals surface area contributed by atoms with Gasteiger partial charge in [0.15, 0.2) is 5.84 Å². The van der Waals surface area contributed by atoms with Crippen LogP contribution in [0.2, 0.25) is 0 Å². The molecule has 18 heavy (non-hydrogen) atoms. The van der Waals surface area contributed by atoms with Crippen LogP contribution in [-0.4, -0.2) is 25.2 Å². The summed E-state index contributed by atoms with van der Waals surface area (Å²) in [4.78, 5) is 0. The van der Waals surface area contributed by atoms with Crippen molar-refractivity contribution in [1.29, 1.82) is 0 Å². The van der Waals surface area contributed by atoms with Gasteiger partial charge in [-0.25, -0.2) is 8.42 Å². The van der Waals surface area contributed by atoms with Gasteiger partial charge in [-0.05, 0) is 30.7 Å². The fraction of sp³-hybridized carbons (Fsp3) is 0.364. The molecule has 1 aromatic rings. The molecule has 0 saturated heterocycles. The summed E-state index contributed by atoms with van der Waals surface area (Å²) in [6, 6.07) is 6.28. The summed E-state index contributed by atoms with van der Waals surface area (Å²) in [5, 5.41) is 11.4. The van der Waals surface area contributed by atoms with E-state index in [2.05, 4.69) is 9.88 Å². The molecule has 0 amide bonds. The van der Waals surface area contributed by atoms with Crippen LogP contribution in [-0.2, 0) is 10.0 Å². The van der Waals surface area contributed by atoms with Crippen molar-refractivity contribution in [3.8, 4) is 0 Å². The van der Waals surface area contributed by atoms with Crippen LogP contribution in [0.25, 0.3) is 0 Å². The van der Waals surface area contributed by atoms with Gasteiger partial charge in [0.05, 0.1) is 5.75 Å². The quantitative estimate of drug-likeness (QED) is 0.314. The van der Waals surface area contributed by atoms with E-state index in [9.17, 15) is 8.42 Å².